The smallest absolute Gasteiger partial charge is 0.261 e. The van der Waals surface area contributed by atoms with Gasteiger partial charge < -0.3 is 10.6 Å². The molecule has 0 saturated heterocycles. The van der Waals surface area contributed by atoms with Gasteiger partial charge >= 0.3 is 0 Å². The minimum Gasteiger partial charge on any atom is -0.378 e. The molecule has 0 unspecified atom stereocenters. The van der Waals surface area contributed by atoms with Crippen LogP contribution in [0.25, 0.3) is 0 Å². The van der Waals surface area contributed by atoms with Crippen LogP contribution < -0.4 is 15.4 Å². The summed E-state index contributed by atoms with van der Waals surface area (Å²) < 4.78 is 28.4. The van der Waals surface area contributed by atoms with E-state index in [-0.39, 0.29) is 10.8 Å². The number of carbonyl (C=O) groups is 1. The number of para-hydroxylation sites is 1. The van der Waals surface area contributed by atoms with Crippen molar-refractivity contribution in [2.75, 3.05) is 15.4 Å². The Bertz CT molecular complexity index is 1720. The van der Waals surface area contributed by atoms with Crippen molar-refractivity contribution in [3.05, 3.63) is 119 Å². The third kappa shape index (κ3) is 4.68. The molecule has 3 aliphatic rings. The first-order chi connectivity index (χ1) is 19.9. The van der Waals surface area contributed by atoms with E-state index in [1.165, 1.54) is 42.5 Å². The summed E-state index contributed by atoms with van der Waals surface area (Å²) in [4.78, 5) is 13.5. The summed E-state index contributed by atoms with van der Waals surface area (Å²) in [6, 6.07) is 30.6. The lowest BCUT2D eigenvalue weighted by atomic mass is 9.68. The van der Waals surface area contributed by atoms with E-state index in [0.717, 1.165) is 11.3 Å². The fourth-order valence-corrected chi connectivity index (χ4v) is 8.56. The van der Waals surface area contributed by atoms with E-state index in [1.54, 1.807) is 24.3 Å². The number of amides is 1. The lowest BCUT2D eigenvalue weighted by Crippen LogP contribution is -2.35. The molecular formula is C34H33N3O3S. The highest BCUT2D eigenvalue weighted by Crippen LogP contribution is 2.63. The van der Waals surface area contributed by atoms with Crippen LogP contribution in [0.4, 0.5) is 17.1 Å². The molecule has 4 aromatic rings. The molecule has 1 heterocycles. The van der Waals surface area contributed by atoms with E-state index in [0.29, 0.717) is 46.7 Å². The van der Waals surface area contributed by atoms with Crippen LogP contribution >= 0.6 is 0 Å². The molecule has 208 valence electrons. The molecule has 5 atom stereocenters. The Kier molecular flexibility index (Phi) is 6.35. The topological polar surface area (TPSA) is 87.3 Å². The predicted octanol–water partition coefficient (Wildman–Crippen LogP) is 7.34. The van der Waals surface area contributed by atoms with Crippen LogP contribution in [-0.4, -0.2) is 14.3 Å². The van der Waals surface area contributed by atoms with E-state index < -0.39 is 10.0 Å². The number of fused-ring (bicyclic) bond motifs is 7. The maximum atomic E-state index is 13.3. The molecule has 0 spiro atoms. The summed E-state index contributed by atoms with van der Waals surface area (Å²) in [5.41, 5.74) is 6.26. The van der Waals surface area contributed by atoms with Gasteiger partial charge in [0.05, 0.1) is 16.6 Å². The number of hydrogen-bond acceptors (Lipinski definition) is 4. The fourth-order valence-electron chi connectivity index (χ4n) is 7.43. The fraction of sp³-hybridized carbons (Fsp3) is 0.265. The molecule has 3 N–H and O–H groups in total. The van der Waals surface area contributed by atoms with Gasteiger partial charge in [0.25, 0.3) is 15.9 Å². The van der Waals surface area contributed by atoms with Crippen LogP contribution in [0.15, 0.2) is 102 Å². The number of anilines is 3. The highest BCUT2D eigenvalue weighted by Gasteiger charge is 2.53. The summed E-state index contributed by atoms with van der Waals surface area (Å²) >= 11 is 0. The van der Waals surface area contributed by atoms with Crippen LogP contribution in [0.3, 0.4) is 0 Å². The third-order valence-corrected chi connectivity index (χ3v) is 10.7. The molecule has 2 aliphatic carbocycles. The van der Waals surface area contributed by atoms with E-state index in [4.69, 9.17) is 0 Å². The molecule has 1 aliphatic heterocycles. The number of sulfonamides is 1. The first-order valence-electron chi connectivity index (χ1n) is 14.3. The van der Waals surface area contributed by atoms with Crippen LogP contribution in [0.1, 0.15) is 58.3 Å². The van der Waals surface area contributed by atoms with Gasteiger partial charge in [0.15, 0.2) is 0 Å². The third-order valence-electron chi connectivity index (χ3n) is 9.32. The Balaban J connectivity index is 1.10. The molecule has 6 nitrogen and oxygen atoms in total. The minimum atomic E-state index is -3.75. The van der Waals surface area contributed by atoms with Crippen molar-refractivity contribution >= 4 is 33.0 Å². The minimum absolute atomic E-state index is 0.133. The number of aryl methyl sites for hydroxylation is 1. The van der Waals surface area contributed by atoms with Crippen LogP contribution in [0.2, 0.25) is 0 Å². The second-order valence-electron chi connectivity index (χ2n) is 11.7. The zero-order valence-electron chi connectivity index (χ0n) is 22.9. The molecule has 2 bridgehead atoms. The molecule has 2 saturated carbocycles. The van der Waals surface area contributed by atoms with Crippen molar-refractivity contribution in [1.82, 2.24) is 0 Å². The normalized spacial score (nSPS) is 24.2. The second kappa shape index (κ2) is 10.1. The summed E-state index contributed by atoms with van der Waals surface area (Å²) in [6.07, 6.45) is 3.82. The van der Waals surface area contributed by atoms with Crippen molar-refractivity contribution in [1.29, 1.82) is 0 Å². The summed E-state index contributed by atoms with van der Waals surface area (Å²) in [7, 11) is -3.75. The summed E-state index contributed by atoms with van der Waals surface area (Å²) in [6.45, 7) is 1.85. The molecule has 2 fully saturated rings. The standard InChI is InChI=1S/C34H33N3O3S/c1-21-7-5-6-10-29(21)37-41(39,40)27-16-14-26(15-17-27)35-34(38)25-13-18-30-28(20-25)31-23-11-12-24(19-23)32(31)33(36-30)22-8-3-2-4-9-22/h2-10,13-18,20,23-24,31-33,36-37H,11-12,19H2,1H3,(H,35,38)/t23-,24-,31-,32-,33+/m0/s1. The van der Waals surface area contributed by atoms with E-state index in [2.05, 4.69) is 57.8 Å². The lowest BCUT2D eigenvalue weighted by molar-refractivity contribution is 0.102. The van der Waals surface area contributed by atoms with Crippen molar-refractivity contribution in [3.8, 4) is 0 Å². The molecule has 0 aromatic heterocycles. The average molecular weight is 564 g/mol. The zero-order chi connectivity index (χ0) is 28.1. The van der Waals surface area contributed by atoms with Crippen molar-refractivity contribution < 1.29 is 13.2 Å². The van der Waals surface area contributed by atoms with Crippen LogP contribution in [0, 0.1) is 24.7 Å². The molecule has 7 heteroatoms. The summed E-state index contributed by atoms with van der Waals surface area (Å²) in [5, 5.41) is 6.79. The van der Waals surface area contributed by atoms with E-state index in [1.807, 2.05) is 25.1 Å². The van der Waals surface area contributed by atoms with E-state index >= 15 is 0 Å². The quantitative estimate of drug-likeness (QED) is 0.229. The largest absolute Gasteiger partial charge is 0.378 e. The van der Waals surface area contributed by atoms with Crippen molar-refractivity contribution in [2.45, 2.75) is 43.0 Å². The number of rotatable bonds is 6. The highest BCUT2D eigenvalue weighted by molar-refractivity contribution is 7.92. The SMILES string of the molecule is Cc1ccccc1NS(=O)(=O)c1ccc(NC(=O)c2ccc3c(c2)[C@@H]2[C@H]4CC[C@@H](C4)[C@@H]2[C@@H](c2ccccc2)N3)cc1. The first-order valence-corrected chi connectivity index (χ1v) is 15.8. The number of benzene rings is 4. The number of carbonyl (C=O) groups excluding carboxylic acids is 1. The Morgan fingerprint density at radius 2 is 1.59 bits per heavy atom. The average Bonchev–Trinajstić information content (AvgIpc) is 3.62. The molecule has 7 rings (SSSR count). The molecule has 41 heavy (non-hydrogen) atoms. The van der Waals surface area contributed by atoms with Gasteiger partial charge in [-0.25, -0.2) is 8.42 Å². The van der Waals surface area contributed by atoms with Gasteiger partial charge in [-0.15, -0.1) is 0 Å². The molecular weight excluding hydrogens is 530 g/mol. The monoisotopic (exact) mass is 563 g/mol. The highest BCUT2D eigenvalue weighted by atomic mass is 32.2. The van der Waals surface area contributed by atoms with Gasteiger partial charge in [-0.2, -0.15) is 0 Å². The lowest BCUT2D eigenvalue weighted by Gasteiger charge is -2.43. The Labute approximate surface area is 241 Å². The Hall–Kier alpha value is -4.10. The second-order valence-corrected chi connectivity index (χ2v) is 13.4. The van der Waals surface area contributed by atoms with Gasteiger partial charge in [-0.3, -0.25) is 9.52 Å². The van der Waals surface area contributed by atoms with Crippen LogP contribution in [-0.2, 0) is 10.0 Å². The van der Waals surface area contributed by atoms with Crippen molar-refractivity contribution in [3.63, 3.8) is 0 Å². The van der Waals surface area contributed by atoms with Gasteiger partial charge in [-0.05, 0) is 115 Å². The van der Waals surface area contributed by atoms with E-state index in [9.17, 15) is 13.2 Å². The molecule has 1 amide bonds. The predicted molar refractivity (Wildman–Crippen MR) is 163 cm³/mol. The van der Waals surface area contributed by atoms with Gasteiger partial charge in [0, 0.05) is 16.9 Å². The maximum absolute atomic E-state index is 13.3. The van der Waals surface area contributed by atoms with Crippen LogP contribution in [0.5, 0.6) is 0 Å². The van der Waals surface area contributed by atoms with Gasteiger partial charge in [0.2, 0.25) is 0 Å². The van der Waals surface area contributed by atoms with Crippen molar-refractivity contribution in [2.24, 2.45) is 17.8 Å². The molecule has 4 aromatic carbocycles. The number of nitrogens with one attached hydrogen (secondary N) is 3. The Morgan fingerprint density at radius 1 is 0.854 bits per heavy atom. The number of hydrogen-bond donors (Lipinski definition) is 3. The maximum Gasteiger partial charge on any atom is 0.261 e. The Morgan fingerprint density at radius 3 is 2.37 bits per heavy atom. The summed E-state index contributed by atoms with van der Waals surface area (Å²) in [5.74, 6) is 2.16. The van der Waals surface area contributed by atoms with Gasteiger partial charge in [0.1, 0.15) is 0 Å². The molecule has 0 radical (unpaired) electrons. The first kappa shape index (κ1) is 25.8. The van der Waals surface area contributed by atoms with Gasteiger partial charge in [-0.1, -0.05) is 48.5 Å². The zero-order valence-corrected chi connectivity index (χ0v) is 23.7.